The second-order valence-electron chi connectivity index (χ2n) is 6.54. The van der Waals surface area contributed by atoms with E-state index in [2.05, 4.69) is 16.0 Å². The first-order valence-electron chi connectivity index (χ1n) is 8.41. The average molecular weight is 339 g/mol. The van der Waals surface area contributed by atoms with Gasteiger partial charge in [0.25, 0.3) is 5.91 Å². The zero-order valence-electron chi connectivity index (χ0n) is 14.9. The van der Waals surface area contributed by atoms with Gasteiger partial charge in [-0.2, -0.15) is 0 Å². The number of para-hydroxylation sites is 1. The van der Waals surface area contributed by atoms with Crippen molar-refractivity contribution in [3.63, 3.8) is 0 Å². The molecule has 2 amide bonds. The predicted octanol–water partition coefficient (Wildman–Crippen LogP) is 3.66. The zero-order chi connectivity index (χ0) is 18.3. The van der Waals surface area contributed by atoms with E-state index >= 15 is 0 Å². The summed E-state index contributed by atoms with van der Waals surface area (Å²) in [5.41, 5.74) is 1.90. The number of hydrogen-bond donors (Lipinski definition) is 3. The van der Waals surface area contributed by atoms with E-state index < -0.39 is 0 Å². The maximum atomic E-state index is 12.2. The molecule has 0 radical (unpaired) electrons. The van der Waals surface area contributed by atoms with E-state index in [1.165, 1.54) is 0 Å². The highest BCUT2D eigenvalue weighted by atomic mass is 16.2. The summed E-state index contributed by atoms with van der Waals surface area (Å²) < 4.78 is 0. The minimum absolute atomic E-state index is 0.0576. The zero-order valence-corrected chi connectivity index (χ0v) is 14.9. The molecule has 132 valence electrons. The van der Waals surface area contributed by atoms with E-state index in [1.807, 2.05) is 51.1 Å². The SMILES string of the molecule is CCC(C)(C)NC(=O)CNc1ccc(C(=O)Nc2ccccc2)cc1. The largest absolute Gasteiger partial charge is 0.376 e. The molecule has 0 spiro atoms. The second kappa shape index (κ2) is 8.33. The number of carbonyl (C=O) groups excluding carboxylic acids is 2. The van der Waals surface area contributed by atoms with Crippen LogP contribution < -0.4 is 16.0 Å². The van der Waals surface area contributed by atoms with Gasteiger partial charge >= 0.3 is 0 Å². The van der Waals surface area contributed by atoms with Crippen molar-refractivity contribution in [3.05, 3.63) is 60.2 Å². The van der Waals surface area contributed by atoms with E-state index in [4.69, 9.17) is 0 Å². The van der Waals surface area contributed by atoms with Gasteiger partial charge in [0.2, 0.25) is 5.91 Å². The molecule has 25 heavy (non-hydrogen) atoms. The Morgan fingerprint density at radius 3 is 2.16 bits per heavy atom. The number of hydrogen-bond acceptors (Lipinski definition) is 3. The molecule has 0 atom stereocenters. The summed E-state index contributed by atoms with van der Waals surface area (Å²) in [6, 6.07) is 16.3. The summed E-state index contributed by atoms with van der Waals surface area (Å²) in [5, 5.41) is 8.87. The van der Waals surface area contributed by atoms with Crippen LogP contribution in [0.5, 0.6) is 0 Å². The van der Waals surface area contributed by atoms with Crippen LogP contribution in [0.3, 0.4) is 0 Å². The molecule has 0 heterocycles. The van der Waals surface area contributed by atoms with Crippen molar-refractivity contribution in [1.29, 1.82) is 0 Å². The predicted molar refractivity (Wildman–Crippen MR) is 102 cm³/mol. The fourth-order valence-electron chi connectivity index (χ4n) is 2.16. The minimum atomic E-state index is -0.210. The Hall–Kier alpha value is -2.82. The molecule has 0 bridgehead atoms. The standard InChI is InChI=1S/C20H25N3O2/c1-4-20(2,3)23-18(24)14-21-16-12-10-15(11-13-16)19(25)22-17-8-6-5-7-9-17/h5-13,21H,4,14H2,1-3H3,(H,22,25)(H,23,24). The molecule has 0 saturated heterocycles. The van der Waals surface area contributed by atoms with Gasteiger partial charge in [-0.3, -0.25) is 9.59 Å². The Labute approximate surface area is 148 Å². The molecule has 0 aliphatic carbocycles. The monoisotopic (exact) mass is 339 g/mol. The molecule has 0 aromatic heterocycles. The first kappa shape index (κ1) is 18.5. The van der Waals surface area contributed by atoms with E-state index in [0.29, 0.717) is 5.56 Å². The maximum Gasteiger partial charge on any atom is 0.255 e. The van der Waals surface area contributed by atoms with Crippen LogP contribution in [0.25, 0.3) is 0 Å². The molecule has 0 aliphatic rings. The molecular weight excluding hydrogens is 314 g/mol. The van der Waals surface area contributed by atoms with Crippen LogP contribution in [0.2, 0.25) is 0 Å². The third kappa shape index (κ3) is 5.95. The van der Waals surface area contributed by atoms with E-state index in [-0.39, 0.29) is 23.9 Å². The molecule has 0 aliphatic heterocycles. The topological polar surface area (TPSA) is 70.2 Å². The average Bonchev–Trinajstić information content (AvgIpc) is 2.61. The van der Waals surface area contributed by atoms with Gasteiger partial charge in [-0.1, -0.05) is 25.1 Å². The van der Waals surface area contributed by atoms with Crippen molar-refractivity contribution in [2.24, 2.45) is 0 Å². The van der Waals surface area contributed by atoms with Gasteiger partial charge in [0.15, 0.2) is 0 Å². The third-order valence-electron chi connectivity index (χ3n) is 3.99. The van der Waals surface area contributed by atoms with Gasteiger partial charge in [-0.05, 0) is 56.7 Å². The van der Waals surface area contributed by atoms with Gasteiger partial charge in [0.1, 0.15) is 0 Å². The lowest BCUT2D eigenvalue weighted by molar-refractivity contribution is -0.121. The van der Waals surface area contributed by atoms with Crippen LogP contribution in [-0.4, -0.2) is 23.9 Å². The van der Waals surface area contributed by atoms with Crippen molar-refractivity contribution in [2.45, 2.75) is 32.7 Å². The highest BCUT2D eigenvalue weighted by Gasteiger charge is 2.17. The normalized spacial score (nSPS) is 10.8. The van der Waals surface area contributed by atoms with E-state index in [9.17, 15) is 9.59 Å². The summed E-state index contributed by atoms with van der Waals surface area (Å²) in [5.74, 6) is -0.224. The van der Waals surface area contributed by atoms with Crippen LogP contribution >= 0.6 is 0 Å². The quantitative estimate of drug-likeness (QED) is 0.721. The van der Waals surface area contributed by atoms with Crippen molar-refractivity contribution in [1.82, 2.24) is 5.32 Å². The molecule has 0 fully saturated rings. The third-order valence-corrected chi connectivity index (χ3v) is 3.99. The number of amides is 2. The Balaban J connectivity index is 1.87. The molecule has 3 N–H and O–H groups in total. The summed E-state index contributed by atoms with van der Waals surface area (Å²) in [7, 11) is 0. The Morgan fingerprint density at radius 2 is 1.56 bits per heavy atom. The van der Waals surface area contributed by atoms with Crippen LogP contribution in [0.1, 0.15) is 37.6 Å². The van der Waals surface area contributed by atoms with Crippen LogP contribution in [0.4, 0.5) is 11.4 Å². The van der Waals surface area contributed by atoms with Crippen LogP contribution in [0.15, 0.2) is 54.6 Å². The molecule has 2 rings (SSSR count). The molecule has 5 nitrogen and oxygen atoms in total. The number of benzene rings is 2. The number of carbonyl (C=O) groups is 2. The summed E-state index contributed by atoms with van der Waals surface area (Å²) in [6.45, 7) is 6.21. The maximum absolute atomic E-state index is 12.2. The molecule has 0 saturated carbocycles. The Morgan fingerprint density at radius 1 is 0.920 bits per heavy atom. The van der Waals surface area contributed by atoms with Crippen molar-refractivity contribution >= 4 is 23.2 Å². The molecular formula is C20H25N3O2. The highest BCUT2D eigenvalue weighted by Crippen LogP contribution is 2.12. The molecule has 2 aromatic rings. The fourth-order valence-corrected chi connectivity index (χ4v) is 2.16. The summed E-state index contributed by atoms with van der Waals surface area (Å²) in [4.78, 5) is 24.1. The minimum Gasteiger partial charge on any atom is -0.376 e. The molecule has 2 aromatic carbocycles. The Bertz CT molecular complexity index is 709. The lowest BCUT2D eigenvalue weighted by Gasteiger charge is -2.24. The fraction of sp³-hybridized carbons (Fsp3) is 0.300. The smallest absolute Gasteiger partial charge is 0.255 e. The van der Waals surface area contributed by atoms with Crippen LogP contribution in [0, 0.1) is 0 Å². The van der Waals surface area contributed by atoms with Gasteiger partial charge in [0, 0.05) is 22.5 Å². The van der Waals surface area contributed by atoms with Gasteiger partial charge in [-0.25, -0.2) is 0 Å². The lowest BCUT2D eigenvalue weighted by atomic mass is 10.0. The van der Waals surface area contributed by atoms with Gasteiger partial charge in [-0.15, -0.1) is 0 Å². The van der Waals surface area contributed by atoms with E-state index in [1.54, 1.807) is 24.3 Å². The van der Waals surface area contributed by atoms with Gasteiger partial charge < -0.3 is 16.0 Å². The van der Waals surface area contributed by atoms with Crippen molar-refractivity contribution in [2.75, 3.05) is 17.2 Å². The second-order valence-corrected chi connectivity index (χ2v) is 6.54. The van der Waals surface area contributed by atoms with Crippen molar-refractivity contribution in [3.8, 4) is 0 Å². The first-order valence-corrected chi connectivity index (χ1v) is 8.41. The Kier molecular flexibility index (Phi) is 6.17. The number of nitrogens with one attached hydrogen (secondary N) is 3. The van der Waals surface area contributed by atoms with Crippen LogP contribution in [-0.2, 0) is 4.79 Å². The first-order chi connectivity index (χ1) is 11.9. The summed E-state index contributed by atoms with van der Waals surface area (Å²) in [6.07, 6.45) is 0.865. The lowest BCUT2D eigenvalue weighted by Crippen LogP contribution is -2.45. The van der Waals surface area contributed by atoms with E-state index in [0.717, 1.165) is 17.8 Å². The highest BCUT2D eigenvalue weighted by molar-refractivity contribution is 6.04. The van der Waals surface area contributed by atoms with Gasteiger partial charge in [0.05, 0.1) is 6.54 Å². The number of rotatable bonds is 7. The number of anilines is 2. The molecule has 0 unspecified atom stereocenters. The molecule has 5 heteroatoms. The summed E-state index contributed by atoms with van der Waals surface area (Å²) >= 11 is 0. The van der Waals surface area contributed by atoms with Crippen molar-refractivity contribution < 1.29 is 9.59 Å².